The molecule has 0 aliphatic heterocycles. The number of amides is 2. The normalized spacial score (nSPS) is 11.5. The van der Waals surface area contributed by atoms with Gasteiger partial charge in [-0.2, -0.15) is 0 Å². The zero-order valence-electron chi connectivity index (χ0n) is 12.4. The van der Waals surface area contributed by atoms with E-state index < -0.39 is 6.04 Å². The maximum Gasteiger partial charge on any atom is 0.241 e. The fourth-order valence-corrected chi connectivity index (χ4v) is 2.04. The molecule has 0 heterocycles. The standard InChI is InChI=1S/C17H19N3O2/c1-12(21)19-14-7-9-15(10-8-14)20-17(22)16(18)11-13-5-3-2-4-6-13/h2-10,16H,11,18H2,1H3,(H,19,21)(H,20,22)/t16-/m0/s1. The Morgan fingerprint density at radius 2 is 1.50 bits per heavy atom. The highest BCUT2D eigenvalue weighted by molar-refractivity contribution is 5.95. The van der Waals surface area contributed by atoms with E-state index >= 15 is 0 Å². The largest absolute Gasteiger partial charge is 0.326 e. The summed E-state index contributed by atoms with van der Waals surface area (Å²) in [7, 11) is 0. The lowest BCUT2D eigenvalue weighted by Crippen LogP contribution is -2.37. The summed E-state index contributed by atoms with van der Waals surface area (Å²) in [5, 5.41) is 5.43. The number of hydrogen-bond acceptors (Lipinski definition) is 3. The third kappa shape index (κ3) is 4.71. The summed E-state index contributed by atoms with van der Waals surface area (Å²) >= 11 is 0. The molecule has 0 radical (unpaired) electrons. The maximum absolute atomic E-state index is 12.1. The van der Waals surface area contributed by atoms with Gasteiger partial charge in [-0.05, 0) is 36.2 Å². The highest BCUT2D eigenvalue weighted by Crippen LogP contribution is 2.14. The molecule has 2 aromatic rings. The fourth-order valence-electron chi connectivity index (χ4n) is 2.04. The van der Waals surface area contributed by atoms with Crippen LogP contribution in [0.4, 0.5) is 11.4 Å². The molecule has 0 bridgehead atoms. The molecule has 2 aromatic carbocycles. The topological polar surface area (TPSA) is 84.2 Å². The Bertz CT molecular complexity index is 639. The third-order valence-corrected chi connectivity index (χ3v) is 3.11. The Labute approximate surface area is 129 Å². The van der Waals surface area contributed by atoms with Gasteiger partial charge in [-0.25, -0.2) is 0 Å². The van der Waals surface area contributed by atoms with E-state index in [4.69, 9.17) is 5.73 Å². The number of carbonyl (C=O) groups is 2. The number of carbonyl (C=O) groups excluding carboxylic acids is 2. The number of nitrogens with two attached hydrogens (primary N) is 1. The number of anilines is 2. The zero-order valence-corrected chi connectivity index (χ0v) is 12.4. The van der Waals surface area contributed by atoms with Crippen LogP contribution < -0.4 is 16.4 Å². The van der Waals surface area contributed by atoms with Crippen molar-refractivity contribution in [3.63, 3.8) is 0 Å². The predicted molar refractivity (Wildman–Crippen MR) is 87.5 cm³/mol. The minimum absolute atomic E-state index is 0.137. The van der Waals surface area contributed by atoms with Crippen molar-refractivity contribution in [2.45, 2.75) is 19.4 Å². The van der Waals surface area contributed by atoms with E-state index in [2.05, 4.69) is 10.6 Å². The molecular formula is C17H19N3O2. The van der Waals surface area contributed by atoms with Crippen molar-refractivity contribution in [3.8, 4) is 0 Å². The lowest BCUT2D eigenvalue weighted by atomic mass is 10.1. The molecule has 0 unspecified atom stereocenters. The quantitative estimate of drug-likeness (QED) is 0.790. The minimum atomic E-state index is -0.613. The first kappa shape index (κ1) is 15.7. The van der Waals surface area contributed by atoms with Crippen LogP contribution in [0, 0.1) is 0 Å². The summed E-state index contributed by atoms with van der Waals surface area (Å²) in [6.07, 6.45) is 0.483. The number of hydrogen-bond donors (Lipinski definition) is 3. The van der Waals surface area contributed by atoms with Crippen LogP contribution in [0.3, 0.4) is 0 Å². The Morgan fingerprint density at radius 3 is 2.05 bits per heavy atom. The molecule has 22 heavy (non-hydrogen) atoms. The van der Waals surface area contributed by atoms with Crippen molar-refractivity contribution < 1.29 is 9.59 Å². The summed E-state index contributed by atoms with van der Waals surface area (Å²) in [6.45, 7) is 1.44. The van der Waals surface area contributed by atoms with E-state index in [1.807, 2.05) is 30.3 Å². The molecule has 0 aliphatic rings. The fraction of sp³-hybridized carbons (Fsp3) is 0.176. The highest BCUT2D eigenvalue weighted by Gasteiger charge is 2.14. The molecule has 2 amide bonds. The van der Waals surface area contributed by atoms with Crippen LogP contribution in [0.15, 0.2) is 54.6 Å². The van der Waals surface area contributed by atoms with Crippen LogP contribution in [-0.2, 0) is 16.0 Å². The minimum Gasteiger partial charge on any atom is -0.326 e. The van der Waals surface area contributed by atoms with Crippen LogP contribution >= 0.6 is 0 Å². The van der Waals surface area contributed by atoms with Gasteiger partial charge in [0.25, 0.3) is 0 Å². The molecule has 2 rings (SSSR count). The van der Waals surface area contributed by atoms with E-state index in [1.54, 1.807) is 24.3 Å². The van der Waals surface area contributed by atoms with E-state index in [0.29, 0.717) is 17.8 Å². The van der Waals surface area contributed by atoms with E-state index in [0.717, 1.165) is 5.56 Å². The van der Waals surface area contributed by atoms with Gasteiger partial charge in [0.1, 0.15) is 0 Å². The van der Waals surface area contributed by atoms with Crippen molar-refractivity contribution in [2.24, 2.45) is 5.73 Å². The zero-order chi connectivity index (χ0) is 15.9. The summed E-state index contributed by atoms with van der Waals surface area (Å²) in [5.41, 5.74) is 8.26. The molecule has 0 fully saturated rings. The van der Waals surface area contributed by atoms with Crippen LogP contribution in [0.2, 0.25) is 0 Å². The molecule has 1 atom stereocenters. The van der Waals surface area contributed by atoms with Crippen molar-refractivity contribution in [3.05, 3.63) is 60.2 Å². The van der Waals surface area contributed by atoms with Crippen LogP contribution in [-0.4, -0.2) is 17.9 Å². The first-order valence-corrected chi connectivity index (χ1v) is 7.02. The average molecular weight is 297 g/mol. The number of benzene rings is 2. The lowest BCUT2D eigenvalue weighted by molar-refractivity contribution is -0.117. The Hall–Kier alpha value is -2.66. The summed E-state index contributed by atoms with van der Waals surface area (Å²) in [5.74, 6) is -0.377. The predicted octanol–water partition coefficient (Wildman–Crippen LogP) is 2.15. The number of nitrogens with one attached hydrogen (secondary N) is 2. The molecule has 4 N–H and O–H groups in total. The first-order chi connectivity index (χ1) is 10.5. The van der Waals surface area contributed by atoms with Crippen LogP contribution in [0.1, 0.15) is 12.5 Å². The van der Waals surface area contributed by atoms with Gasteiger partial charge in [0, 0.05) is 18.3 Å². The SMILES string of the molecule is CC(=O)Nc1ccc(NC(=O)[C@@H](N)Cc2ccccc2)cc1. The van der Waals surface area contributed by atoms with Gasteiger partial charge in [-0.15, -0.1) is 0 Å². The Kier molecular flexibility index (Phi) is 5.27. The van der Waals surface area contributed by atoms with Crippen molar-refractivity contribution in [1.82, 2.24) is 0 Å². The third-order valence-electron chi connectivity index (χ3n) is 3.11. The van der Waals surface area contributed by atoms with Gasteiger partial charge in [0.15, 0.2) is 0 Å². The van der Waals surface area contributed by atoms with Gasteiger partial charge in [-0.1, -0.05) is 30.3 Å². The monoisotopic (exact) mass is 297 g/mol. The Morgan fingerprint density at radius 1 is 0.955 bits per heavy atom. The van der Waals surface area contributed by atoms with E-state index in [-0.39, 0.29) is 11.8 Å². The molecule has 0 spiro atoms. The Balaban J connectivity index is 1.92. The van der Waals surface area contributed by atoms with Crippen molar-refractivity contribution in [1.29, 1.82) is 0 Å². The molecule has 5 nitrogen and oxygen atoms in total. The second kappa shape index (κ2) is 7.38. The van der Waals surface area contributed by atoms with Crippen molar-refractivity contribution in [2.75, 3.05) is 10.6 Å². The lowest BCUT2D eigenvalue weighted by Gasteiger charge is -2.13. The van der Waals surface area contributed by atoms with E-state index in [9.17, 15) is 9.59 Å². The van der Waals surface area contributed by atoms with Gasteiger partial charge >= 0.3 is 0 Å². The van der Waals surface area contributed by atoms with Crippen LogP contribution in [0.5, 0.6) is 0 Å². The van der Waals surface area contributed by atoms with Gasteiger partial charge < -0.3 is 16.4 Å². The van der Waals surface area contributed by atoms with Gasteiger partial charge in [0.2, 0.25) is 11.8 Å². The van der Waals surface area contributed by atoms with Crippen molar-refractivity contribution >= 4 is 23.2 Å². The second-order valence-corrected chi connectivity index (χ2v) is 5.04. The molecule has 0 saturated heterocycles. The molecule has 0 aliphatic carbocycles. The first-order valence-electron chi connectivity index (χ1n) is 7.02. The molecule has 114 valence electrons. The molecular weight excluding hydrogens is 278 g/mol. The van der Waals surface area contributed by atoms with E-state index in [1.165, 1.54) is 6.92 Å². The molecule has 0 aromatic heterocycles. The summed E-state index contributed by atoms with van der Waals surface area (Å²) in [6, 6.07) is 15.9. The summed E-state index contributed by atoms with van der Waals surface area (Å²) in [4.78, 5) is 23.0. The maximum atomic E-state index is 12.1. The smallest absolute Gasteiger partial charge is 0.241 e. The van der Waals surface area contributed by atoms with Gasteiger partial charge in [0.05, 0.1) is 6.04 Å². The number of rotatable bonds is 5. The highest BCUT2D eigenvalue weighted by atomic mass is 16.2. The molecule has 5 heteroatoms. The molecule has 0 saturated carbocycles. The average Bonchev–Trinajstić information content (AvgIpc) is 2.49. The van der Waals surface area contributed by atoms with Gasteiger partial charge in [-0.3, -0.25) is 9.59 Å². The summed E-state index contributed by atoms with van der Waals surface area (Å²) < 4.78 is 0. The van der Waals surface area contributed by atoms with Crippen LogP contribution in [0.25, 0.3) is 0 Å². The second-order valence-electron chi connectivity index (χ2n) is 5.04.